The number of aliphatic imine (C=N–C) groups is 1. The van der Waals surface area contributed by atoms with Crippen molar-refractivity contribution in [2.45, 2.75) is 31.7 Å². The van der Waals surface area contributed by atoms with Gasteiger partial charge in [0.05, 0.1) is 12.6 Å². The first-order valence-electron chi connectivity index (χ1n) is 9.06. The van der Waals surface area contributed by atoms with Gasteiger partial charge in [0.25, 0.3) is 0 Å². The molecule has 1 saturated carbocycles. The molecule has 0 saturated heterocycles. The van der Waals surface area contributed by atoms with Crippen LogP contribution in [0.25, 0.3) is 0 Å². The Kier molecular flexibility index (Phi) is 4.35. The Hall–Kier alpha value is -2.49. The summed E-state index contributed by atoms with van der Waals surface area (Å²) in [6.07, 6.45) is 4.46. The molecular formula is C21H25N3O. The van der Waals surface area contributed by atoms with Crippen LogP contribution < -0.4 is 15.8 Å². The van der Waals surface area contributed by atoms with Gasteiger partial charge in [-0.15, -0.1) is 0 Å². The summed E-state index contributed by atoms with van der Waals surface area (Å²) in [4.78, 5) is 4.66. The lowest BCUT2D eigenvalue weighted by Gasteiger charge is -2.27. The lowest BCUT2D eigenvalue weighted by molar-refractivity contribution is 0.262. The molecule has 1 fully saturated rings. The standard InChI is InChI=1S/C21H25N3O/c22-20(24-18-10-13-25-19-9-5-4-8-17(18)19)23-15-21(11-12-21)14-16-6-2-1-3-7-16/h1-9,18H,10-15H2,(H3,22,23,24). The Morgan fingerprint density at radius 2 is 1.88 bits per heavy atom. The van der Waals surface area contributed by atoms with E-state index in [0.717, 1.165) is 30.7 Å². The summed E-state index contributed by atoms with van der Waals surface area (Å²) in [5, 5.41) is 3.39. The topological polar surface area (TPSA) is 59.6 Å². The van der Waals surface area contributed by atoms with Crippen molar-refractivity contribution in [3.05, 3.63) is 65.7 Å². The predicted molar refractivity (Wildman–Crippen MR) is 101 cm³/mol. The maximum atomic E-state index is 6.19. The third kappa shape index (κ3) is 3.78. The van der Waals surface area contributed by atoms with Crippen LogP contribution in [0.4, 0.5) is 0 Å². The molecule has 2 aromatic rings. The first-order valence-corrected chi connectivity index (χ1v) is 9.06. The number of para-hydroxylation sites is 1. The summed E-state index contributed by atoms with van der Waals surface area (Å²) < 4.78 is 5.71. The monoisotopic (exact) mass is 335 g/mol. The first kappa shape index (κ1) is 16.0. The highest BCUT2D eigenvalue weighted by Gasteiger charge is 2.42. The van der Waals surface area contributed by atoms with Crippen molar-refractivity contribution in [3.63, 3.8) is 0 Å². The third-order valence-electron chi connectivity index (χ3n) is 5.24. The Balaban J connectivity index is 1.38. The van der Waals surface area contributed by atoms with Crippen LogP contribution in [0.2, 0.25) is 0 Å². The summed E-state index contributed by atoms with van der Waals surface area (Å²) in [5.74, 6) is 1.49. The van der Waals surface area contributed by atoms with E-state index in [1.165, 1.54) is 18.4 Å². The van der Waals surface area contributed by atoms with Crippen molar-refractivity contribution in [2.75, 3.05) is 13.2 Å². The van der Waals surface area contributed by atoms with Gasteiger partial charge in [-0.25, -0.2) is 0 Å². The molecule has 0 spiro atoms. The van der Waals surface area contributed by atoms with Crippen LogP contribution in [-0.4, -0.2) is 19.1 Å². The zero-order chi connectivity index (χ0) is 17.1. The average molecular weight is 335 g/mol. The maximum absolute atomic E-state index is 6.19. The van der Waals surface area contributed by atoms with E-state index in [2.05, 4.69) is 46.7 Å². The van der Waals surface area contributed by atoms with E-state index >= 15 is 0 Å². The Bertz CT molecular complexity index is 753. The molecule has 3 N–H and O–H groups in total. The summed E-state index contributed by atoms with van der Waals surface area (Å²) in [6, 6.07) is 19.0. The first-order chi connectivity index (χ1) is 12.2. The second-order valence-corrected chi connectivity index (χ2v) is 7.24. The summed E-state index contributed by atoms with van der Waals surface area (Å²) >= 11 is 0. The van der Waals surface area contributed by atoms with Gasteiger partial charge in [0.2, 0.25) is 0 Å². The van der Waals surface area contributed by atoms with E-state index in [1.807, 2.05) is 18.2 Å². The molecule has 4 heteroatoms. The van der Waals surface area contributed by atoms with Crippen LogP contribution in [-0.2, 0) is 6.42 Å². The fraction of sp³-hybridized carbons (Fsp3) is 0.381. The number of ether oxygens (including phenoxy) is 1. The number of nitrogens with two attached hydrogens (primary N) is 1. The van der Waals surface area contributed by atoms with Gasteiger partial charge in [-0.1, -0.05) is 48.5 Å². The number of hydrogen-bond acceptors (Lipinski definition) is 2. The molecule has 0 aromatic heterocycles. The minimum Gasteiger partial charge on any atom is -0.493 e. The Morgan fingerprint density at radius 3 is 2.68 bits per heavy atom. The lowest BCUT2D eigenvalue weighted by Crippen LogP contribution is -2.37. The van der Waals surface area contributed by atoms with E-state index in [0.29, 0.717) is 18.0 Å². The number of hydrogen-bond donors (Lipinski definition) is 2. The number of nitrogens with zero attached hydrogens (tertiary/aromatic N) is 1. The average Bonchev–Trinajstić information content (AvgIpc) is 3.41. The number of benzene rings is 2. The van der Waals surface area contributed by atoms with Crippen molar-refractivity contribution >= 4 is 5.96 Å². The zero-order valence-corrected chi connectivity index (χ0v) is 14.4. The van der Waals surface area contributed by atoms with Crippen molar-refractivity contribution in [1.29, 1.82) is 0 Å². The van der Waals surface area contributed by atoms with Crippen molar-refractivity contribution in [3.8, 4) is 5.75 Å². The summed E-state index contributed by atoms with van der Waals surface area (Å²) in [7, 11) is 0. The van der Waals surface area contributed by atoms with Gasteiger partial charge in [-0.05, 0) is 36.3 Å². The van der Waals surface area contributed by atoms with Crippen molar-refractivity contribution in [1.82, 2.24) is 5.32 Å². The molecule has 1 aliphatic heterocycles. The third-order valence-corrected chi connectivity index (χ3v) is 5.24. The van der Waals surface area contributed by atoms with Crippen LogP contribution >= 0.6 is 0 Å². The molecule has 25 heavy (non-hydrogen) atoms. The molecule has 4 nitrogen and oxygen atoms in total. The molecule has 1 unspecified atom stereocenters. The van der Waals surface area contributed by atoms with Gasteiger partial charge in [0, 0.05) is 18.5 Å². The molecule has 1 heterocycles. The second kappa shape index (κ2) is 6.79. The highest BCUT2D eigenvalue weighted by atomic mass is 16.5. The lowest BCUT2D eigenvalue weighted by atomic mass is 9.97. The van der Waals surface area contributed by atoms with E-state index in [9.17, 15) is 0 Å². The predicted octanol–water partition coefficient (Wildman–Crippen LogP) is 3.44. The van der Waals surface area contributed by atoms with E-state index in [4.69, 9.17) is 10.5 Å². The van der Waals surface area contributed by atoms with Gasteiger partial charge in [0.1, 0.15) is 5.75 Å². The molecule has 2 aromatic carbocycles. The van der Waals surface area contributed by atoms with Crippen LogP contribution in [0.15, 0.2) is 59.6 Å². The van der Waals surface area contributed by atoms with Crippen molar-refractivity contribution < 1.29 is 4.74 Å². The molecule has 4 rings (SSSR count). The Labute approximate surface area is 149 Å². The largest absolute Gasteiger partial charge is 0.493 e. The number of guanidine groups is 1. The molecule has 0 radical (unpaired) electrons. The molecule has 130 valence electrons. The highest BCUT2D eigenvalue weighted by molar-refractivity contribution is 5.78. The van der Waals surface area contributed by atoms with Gasteiger partial charge in [-0.3, -0.25) is 4.99 Å². The quantitative estimate of drug-likeness (QED) is 0.650. The molecule has 0 bridgehead atoms. The number of nitrogens with one attached hydrogen (secondary N) is 1. The van der Waals surface area contributed by atoms with Crippen molar-refractivity contribution in [2.24, 2.45) is 16.1 Å². The fourth-order valence-corrected chi connectivity index (χ4v) is 3.57. The Morgan fingerprint density at radius 1 is 1.12 bits per heavy atom. The molecular weight excluding hydrogens is 310 g/mol. The highest BCUT2D eigenvalue weighted by Crippen LogP contribution is 2.48. The minimum absolute atomic E-state index is 0.179. The van der Waals surface area contributed by atoms with Gasteiger partial charge in [-0.2, -0.15) is 0 Å². The minimum atomic E-state index is 0.179. The maximum Gasteiger partial charge on any atom is 0.189 e. The summed E-state index contributed by atoms with van der Waals surface area (Å²) in [6.45, 7) is 1.51. The number of fused-ring (bicyclic) bond motifs is 1. The number of rotatable bonds is 5. The van der Waals surface area contributed by atoms with E-state index in [-0.39, 0.29) is 6.04 Å². The fourth-order valence-electron chi connectivity index (χ4n) is 3.57. The molecule has 1 atom stereocenters. The second-order valence-electron chi connectivity index (χ2n) is 7.24. The molecule has 1 aliphatic carbocycles. The van der Waals surface area contributed by atoms with Crippen LogP contribution in [0.5, 0.6) is 5.75 Å². The zero-order valence-electron chi connectivity index (χ0n) is 14.4. The van der Waals surface area contributed by atoms with Gasteiger partial charge < -0.3 is 15.8 Å². The molecule has 0 amide bonds. The smallest absolute Gasteiger partial charge is 0.189 e. The SMILES string of the molecule is NC(=NCC1(Cc2ccccc2)CC1)NC1CCOc2ccccc21. The van der Waals surface area contributed by atoms with Crippen LogP contribution in [0.1, 0.15) is 36.4 Å². The van der Waals surface area contributed by atoms with Gasteiger partial charge >= 0.3 is 0 Å². The van der Waals surface area contributed by atoms with E-state index in [1.54, 1.807) is 0 Å². The summed E-state index contributed by atoms with van der Waals surface area (Å²) in [5.41, 5.74) is 9.05. The van der Waals surface area contributed by atoms with Gasteiger partial charge in [0.15, 0.2) is 5.96 Å². The van der Waals surface area contributed by atoms with Crippen LogP contribution in [0, 0.1) is 5.41 Å². The van der Waals surface area contributed by atoms with E-state index < -0.39 is 0 Å². The normalized spacial score (nSPS) is 21.1. The molecule has 2 aliphatic rings. The van der Waals surface area contributed by atoms with Crippen LogP contribution in [0.3, 0.4) is 0 Å².